The fourth-order valence-electron chi connectivity index (χ4n) is 3.15. The average molecular weight is 286 g/mol. The summed E-state index contributed by atoms with van der Waals surface area (Å²) in [5.74, 6) is 0.634. The molecule has 2 aromatic heterocycles. The van der Waals surface area contributed by atoms with Gasteiger partial charge in [-0.3, -0.25) is 5.41 Å². The number of nitrogens with zero attached hydrogens (tertiary/aromatic N) is 2. The first-order valence-corrected chi connectivity index (χ1v) is 7.44. The van der Waals surface area contributed by atoms with E-state index in [9.17, 15) is 0 Å². The van der Waals surface area contributed by atoms with Crippen molar-refractivity contribution in [1.29, 1.82) is 5.41 Å². The van der Waals surface area contributed by atoms with Gasteiger partial charge in [0.15, 0.2) is 0 Å². The number of hydrogen-bond donors (Lipinski definition) is 4. The maximum atomic E-state index is 7.78. The zero-order valence-electron chi connectivity index (χ0n) is 12.3. The summed E-state index contributed by atoms with van der Waals surface area (Å²) >= 11 is 0. The lowest BCUT2D eigenvalue weighted by molar-refractivity contribution is 0.349. The van der Waals surface area contributed by atoms with Gasteiger partial charge in [0.2, 0.25) is 0 Å². The minimum absolute atomic E-state index is 0.0238. The van der Waals surface area contributed by atoms with E-state index in [0.717, 1.165) is 17.6 Å². The van der Waals surface area contributed by atoms with Crippen molar-refractivity contribution >= 4 is 22.7 Å². The second-order valence-corrected chi connectivity index (χ2v) is 5.96. The zero-order chi connectivity index (χ0) is 15.0. The molecule has 0 bridgehead atoms. The molecule has 1 fully saturated rings. The quantitative estimate of drug-likeness (QED) is 0.512. The highest BCUT2D eigenvalue weighted by Gasteiger charge is 2.23. The molecule has 0 spiro atoms. The molecule has 6 nitrogen and oxygen atoms in total. The molecular weight excluding hydrogens is 264 g/mol. The van der Waals surface area contributed by atoms with Crippen LogP contribution < -0.4 is 16.8 Å². The molecule has 6 heteroatoms. The SMILES string of the molecule is C[C@H]1CCCC[C@H]1Nc1c(C(=N)N)cnn2cc(N)cc12. The summed E-state index contributed by atoms with van der Waals surface area (Å²) in [6.07, 6.45) is 8.31. The zero-order valence-corrected chi connectivity index (χ0v) is 12.3. The fraction of sp³-hybridized carbons (Fsp3) is 0.467. The monoisotopic (exact) mass is 286 g/mol. The lowest BCUT2D eigenvalue weighted by Crippen LogP contribution is -2.31. The van der Waals surface area contributed by atoms with Crippen molar-refractivity contribution in [1.82, 2.24) is 9.61 Å². The lowest BCUT2D eigenvalue weighted by atomic mass is 9.85. The minimum atomic E-state index is 0.0238. The van der Waals surface area contributed by atoms with E-state index in [1.165, 1.54) is 19.3 Å². The summed E-state index contributed by atoms with van der Waals surface area (Å²) in [5.41, 5.74) is 14.6. The Labute approximate surface area is 124 Å². The topological polar surface area (TPSA) is 105 Å². The summed E-state index contributed by atoms with van der Waals surface area (Å²) in [6.45, 7) is 2.27. The van der Waals surface area contributed by atoms with Gasteiger partial charge >= 0.3 is 0 Å². The van der Waals surface area contributed by atoms with Gasteiger partial charge in [0.05, 0.1) is 34.8 Å². The van der Waals surface area contributed by atoms with Crippen molar-refractivity contribution in [3.63, 3.8) is 0 Å². The van der Waals surface area contributed by atoms with Crippen LogP contribution in [0, 0.1) is 11.3 Å². The van der Waals surface area contributed by atoms with Gasteiger partial charge in [0.1, 0.15) is 5.84 Å². The summed E-state index contributed by atoms with van der Waals surface area (Å²) in [7, 11) is 0. The van der Waals surface area contributed by atoms with Crippen molar-refractivity contribution < 1.29 is 0 Å². The van der Waals surface area contributed by atoms with E-state index in [-0.39, 0.29) is 5.84 Å². The van der Waals surface area contributed by atoms with Crippen LogP contribution in [0.3, 0.4) is 0 Å². The molecule has 1 saturated carbocycles. The van der Waals surface area contributed by atoms with E-state index < -0.39 is 0 Å². The van der Waals surface area contributed by atoms with Crippen molar-refractivity contribution in [3.8, 4) is 0 Å². The van der Waals surface area contributed by atoms with Gasteiger partial charge in [0.25, 0.3) is 0 Å². The van der Waals surface area contributed by atoms with E-state index >= 15 is 0 Å². The number of aromatic nitrogens is 2. The highest BCUT2D eigenvalue weighted by Crippen LogP contribution is 2.30. The smallest absolute Gasteiger partial charge is 0.126 e. The third-order valence-electron chi connectivity index (χ3n) is 4.39. The Morgan fingerprint density at radius 1 is 1.43 bits per heavy atom. The summed E-state index contributed by atoms with van der Waals surface area (Å²) in [5, 5.41) is 15.7. The molecule has 6 N–H and O–H groups in total. The molecule has 2 aromatic rings. The number of rotatable bonds is 3. The molecule has 3 rings (SSSR count). The van der Waals surface area contributed by atoms with Crippen LogP contribution in [0.5, 0.6) is 0 Å². The maximum absolute atomic E-state index is 7.78. The normalized spacial score (nSPS) is 22.3. The first-order chi connectivity index (χ1) is 10.1. The molecule has 2 atom stereocenters. The van der Waals surface area contributed by atoms with Gasteiger partial charge in [-0.15, -0.1) is 0 Å². The van der Waals surface area contributed by atoms with Crippen LogP contribution in [-0.2, 0) is 0 Å². The minimum Gasteiger partial charge on any atom is -0.397 e. The Balaban J connectivity index is 2.05. The number of fused-ring (bicyclic) bond motifs is 1. The van der Waals surface area contributed by atoms with Crippen LogP contribution in [-0.4, -0.2) is 21.5 Å². The third-order valence-corrected chi connectivity index (χ3v) is 4.39. The van der Waals surface area contributed by atoms with Gasteiger partial charge in [-0.25, -0.2) is 4.52 Å². The molecule has 1 aliphatic carbocycles. The van der Waals surface area contributed by atoms with Crippen LogP contribution in [0.2, 0.25) is 0 Å². The molecule has 0 saturated heterocycles. The first kappa shape index (κ1) is 13.7. The van der Waals surface area contributed by atoms with E-state index in [1.54, 1.807) is 16.9 Å². The molecule has 2 heterocycles. The van der Waals surface area contributed by atoms with Crippen molar-refractivity contribution in [2.24, 2.45) is 11.7 Å². The molecule has 1 aliphatic rings. The molecule has 112 valence electrons. The first-order valence-electron chi connectivity index (χ1n) is 7.44. The number of nitrogens with one attached hydrogen (secondary N) is 2. The number of hydrogen-bond acceptors (Lipinski definition) is 4. The van der Waals surface area contributed by atoms with Crippen molar-refractivity contribution in [2.45, 2.75) is 38.6 Å². The number of nitrogens with two attached hydrogens (primary N) is 2. The molecular formula is C15H22N6. The van der Waals surface area contributed by atoms with E-state index in [0.29, 0.717) is 23.2 Å². The highest BCUT2D eigenvalue weighted by molar-refractivity contribution is 6.03. The second kappa shape index (κ2) is 5.27. The van der Waals surface area contributed by atoms with Gasteiger partial charge in [-0.05, 0) is 24.8 Å². The Morgan fingerprint density at radius 2 is 2.19 bits per heavy atom. The maximum Gasteiger partial charge on any atom is 0.126 e. The summed E-state index contributed by atoms with van der Waals surface area (Å²) in [6, 6.07) is 2.27. The van der Waals surface area contributed by atoms with E-state index in [1.807, 2.05) is 6.07 Å². The molecule has 0 unspecified atom stereocenters. The predicted octanol–water partition coefficient (Wildman–Crippen LogP) is 2.19. The number of nitrogen functional groups attached to an aromatic ring is 2. The number of amidine groups is 1. The van der Waals surface area contributed by atoms with Crippen LogP contribution in [0.25, 0.3) is 5.52 Å². The van der Waals surface area contributed by atoms with Gasteiger partial charge in [0, 0.05) is 6.04 Å². The Morgan fingerprint density at radius 3 is 2.90 bits per heavy atom. The Kier molecular flexibility index (Phi) is 3.45. The second-order valence-electron chi connectivity index (χ2n) is 5.96. The van der Waals surface area contributed by atoms with Gasteiger partial charge < -0.3 is 16.8 Å². The van der Waals surface area contributed by atoms with Crippen LogP contribution in [0.15, 0.2) is 18.5 Å². The third kappa shape index (κ3) is 2.53. The molecule has 0 amide bonds. The van der Waals surface area contributed by atoms with Crippen LogP contribution in [0.1, 0.15) is 38.2 Å². The lowest BCUT2D eigenvalue weighted by Gasteiger charge is -2.31. The Bertz CT molecular complexity index is 674. The largest absolute Gasteiger partial charge is 0.397 e. The highest BCUT2D eigenvalue weighted by atomic mass is 15.2. The predicted molar refractivity (Wildman–Crippen MR) is 85.7 cm³/mol. The molecule has 0 aromatic carbocycles. The number of anilines is 2. The van der Waals surface area contributed by atoms with Crippen molar-refractivity contribution in [3.05, 3.63) is 24.0 Å². The van der Waals surface area contributed by atoms with E-state index in [2.05, 4.69) is 17.3 Å². The van der Waals surface area contributed by atoms with E-state index in [4.69, 9.17) is 16.9 Å². The standard InChI is InChI=1S/C15H22N6/c1-9-4-2-3-5-12(9)20-14-11(15(17)18)7-19-21-8-10(16)6-13(14)21/h6-9,12,20H,2-5,16H2,1H3,(H3,17,18)/t9-,12+/m0/s1. The Hall–Kier alpha value is -2.24. The molecule has 0 radical (unpaired) electrons. The van der Waals surface area contributed by atoms with Gasteiger partial charge in [-0.2, -0.15) is 5.10 Å². The van der Waals surface area contributed by atoms with Crippen LogP contribution in [0.4, 0.5) is 11.4 Å². The van der Waals surface area contributed by atoms with Gasteiger partial charge in [-0.1, -0.05) is 19.8 Å². The molecule has 21 heavy (non-hydrogen) atoms. The van der Waals surface area contributed by atoms with Crippen molar-refractivity contribution in [2.75, 3.05) is 11.1 Å². The summed E-state index contributed by atoms with van der Waals surface area (Å²) < 4.78 is 1.73. The fourth-order valence-corrected chi connectivity index (χ4v) is 3.15. The summed E-state index contributed by atoms with van der Waals surface area (Å²) in [4.78, 5) is 0. The van der Waals surface area contributed by atoms with Crippen LogP contribution >= 0.6 is 0 Å². The molecule has 0 aliphatic heterocycles. The average Bonchev–Trinajstić information content (AvgIpc) is 2.82.